The molecule has 45 heavy (non-hydrogen) atoms. The number of hydrogen-bond acceptors (Lipinski definition) is 6. The molecule has 4 aromatic carbocycles. The van der Waals surface area contributed by atoms with Gasteiger partial charge in [-0.05, 0) is 86.0 Å². The van der Waals surface area contributed by atoms with Crippen LogP contribution in [0.15, 0.2) is 102 Å². The number of H-pyrrole nitrogens is 1. The molecule has 0 saturated heterocycles. The Labute approximate surface area is 262 Å². The Bertz CT molecular complexity index is 1880. The SMILES string of the molecule is CC(C)(C)OC(=O)NC(Cc1ccccc1)C(=O)Nc1ccc2[nH]cc(CCN)c2c1.O=S(=O)(O)c1ccc2ccccc2c1. The van der Waals surface area contributed by atoms with Crippen molar-refractivity contribution in [1.29, 1.82) is 0 Å². The molecule has 10 nitrogen and oxygen atoms in total. The molecular weight excluding hydrogens is 592 g/mol. The Morgan fingerprint density at radius 3 is 2.29 bits per heavy atom. The zero-order valence-electron chi connectivity index (χ0n) is 25.4. The van der Waals surface area contributed by atoms with E-state index in [0.29, 0.717) is 18.7 Å². The van der Waals surface area contributed by atoms with Gasteiger partial charge in [0.25, 0.3) is 10.1 Å². The van der Waals surface area contributed by atoms with Crippen LogP contribution in [-0.4, -0.2) is 48.1 Å². The van der Waals surface area contributed by atoms with Gasteiger partial charge in [-0.2, -0.15) is 8.42 Å². The van der Waals surface area contributed by atoms with Gasteiger partial charge in [-0.1, -0.05) is 60.7 Å². The number of aromatic nitrogens is 1. The number of nitrogens with two attached hydrogens (primary N) is 1. The summed E-state index contributed by atoms with van der Waals surface area (Å²) >= 11 is 0. The van der Waals surface area contributed by atoms with Crippen LogP contribution in [0.1, 0.15) is 31.9 Å². The molecule has 0 bridgehead atoms. The molecule has 0 fully saturated rings. The zero-order valence-corrected chi connectivity index (χ0v) is 26.2. The van der Waals surface area contributed by atoms with Crippen molar-refractivity contribution in [3.8, 4) is 0 Å². The molecule has 5 rings (SSSR count). The van der Waals surface area contributed by atoms with Crippen molar-refractivity contribution >= 4 is 49.5 Å². The maximum Gasteiger partial charge on any atom is 0.408 e. The topological polar surface area (TPSA) is 164 Å². The van der Waals surface area contributed by atoms with E-state index in [-0.39, 0.29) is 10.8 Å². The van der Waals surface area contributed by atoms with Crippen LogP contribution in [0.2, 0.25) is 0 Å². The summed E-state index contributed by atoms with van der Waals surface area (Å²) < 4.78 is 35.8. The Hall–Kier alpha value is -4.71. The average molecular weight is 631 g/mol. The van der Waals surface area contributed by atoms with E-state index in [1.54, 1.807) is 32.9 Å². The highest BCUT2D eigenvalue weighted by molar-refractivity contribution is 7.85. The average Bonchev–Trinajstić information content (AvgIpc) is 3.38. The van der Waals surface area contributed by atoms with Crippen LogP contribution in [0, 0.1) is 0 Å². The summed E-state index contributed by atoms with van der Waals surface area (Å²) in [6, 6.07) is 26.3. The van der Waals surface area contributed by atoms with Crippen molar-refractivity contribution in [2.75, 3.05) is 11.9 Å². The normalized spacial score (nSPS) is 12.2. The van der Waals surface area contributed by atoms with E-state index in [1.807, 2.05) is 72.9 Å². The zero-order chi connectivity index (χ0) is 32.6. The molecular formula is C34H38N4O6S. The molecule has 0 saturated carbocycles. The number of benzene rings is 4. The molecule has 6 N–H and O–H groups in total. The van der Waals surface area contributed by atoms with E-state index in [9.17, 15) is 18.0 Å². The van der Waals surface area contributed by atoms with Crippen LogP contribution < -0.4 is 16.4 Å². The number of hydrogen-bond donors (Lipinski definition) is 5. The van der Waals surface area contributed by atoms with E-state index in [1.165, 1.54) is 12.1 Å². The van der Waals surface area contributed by atoms with Crippen molar-refractivity contribution in [2.45, 2.75) is 50.2 Å². The van der Waals surface area contributed by atoms with Gasteiger partial charge in [0, 0.05) is 29.2 Å². The Balaban J connectivity index is 0.000000273. The Kier molecular flexibility index (Phi) is 10.6. The summed E-state index contributed by atoms with van der Waals surface area (Å²) in [5, 5.41) is 8.39. The van der Waals surface area contributed by atoms with Gasteiger partial charge in [0.05, 0.1) is 4.90 Å². The summed E-state index contributed by atoms with van der Waals surface area (Å²) in [4.78, 5) is 28.6. The van der Waals surface area contributed by atoms with Crippen LogP contribution in [0.4, 0.5) is 10.5 Å². The number of amides is 2. The summed E-state index contributed by atoms with van der Waals surface area (Å²) in [6.45, 7) is 5.89. The molecule has 1 heterocycles. The van der Waals surface area contributed by atoms with Gasteiger partial charge in [0.1, 0.15) is 11.6 Å². The van der Waals surface area contributed by atoms with Crippen molar-refractivity contribution in [1.82, 2.24) is 10.3 Å². The number of carbonyl (C=O) groups is 2. The second kappa shape index (κ2) is 14.4. The number of anilines is 1. The van der Waals surface area contributed by atoms with Gasteiger partial charge < -0.3 is 26.1 Å². The van der Waals surface area contributed by atoms with Crippen molar-refractivity contribution < 1.29 is 27.3 Å². The van der Waals surface area contributed by atoms with Crippen LogP contribution >= 0.6 is 0 Å². The molecule has 11 heteroatoms. The van der Waals surface area contributed by atoms with Gasteiger partial charge in [-0.15, -0.1) is 0 Å². The second-order valence-electron chi connectivity index (χ2n) is 11.5. The lowest BCUT2D eigenvalue weighted by Gasteiger charge is -2.23. The molecule has 0 spiro atoms. The quantitative estimate of drug-likeness (QED) is 0.135. The molecule has 0 radical (unpaired) electrons. The number of ether oxygens (including phenoxy) is 1. The molecule has 0 aliphatic heterocycles. The number of fused-ring (bicyclic) bond motifs is 2. The summed E-state index contributed by atoms with van der Waals surface area (Å²) in [7, 11) is -4.09. The highest BCUT2D eigenvalue weighted by Crippen LogP contribution is 2.23. The monoisotopic (exact) mass is 630 g/mol. The van der Waals surface area contributed by atoms with Gasteiger partial charge in [0.2, 0.25) is 5.91 Å². The summed E-state index contributed by atoms with van der Waals surface area (Å²) in [6.07, 6.45) is 2.39. The fourth-order valence-electron chi connectivity index (χ4n) is 4.68. The predicted molar refractivity (Wildman–Crippen MR) is 177 cm³/mol. The lowest BCUT2D eigenvalue weighted by atomic mass is 10.0. The van der Waals surface area contributed by atoms with E-state index in [0.717, 1.165) is 39.2 Å². The minimum Gasteiger partial charge on any atom is -0.444 e. The van der Waals surface area contributed by atoms with Crippen molar-refractivity contribution in [3.05, 3.63) is 108 Å². The number of nitrogens with one attached hydrogen (secondary N) is 3. The predicted octanol–water partition coefficient (Wildman–Crippen LogP) is 5.83. The third-order valence-corrected chi connectivity index (χ3v) is 7.61. The maximum absolute atomic E-state index is 13.1. The first-order valence-electron chi connectivity index (χ1n) is 14.4. The van der Waals surface area contributed by atoms with Gasteiger partial charge in [0.15, 0.2) is 0 Å². The van der Waals surface area contributed by atoms with Crippen LogP contribution in [0.5, 0.6) is 0 Å². The molecule has 1 aromatic heterocycles. The van der Waals surface area contributed by atoms with Gasteiger partial charge in [-0.25, -0.2) is 4.79 Å². The lowest BCUT2D eigenvalue weighted by molar-refractivity contribution is -0.118. The fourth-order valence-corrected chi connectivity index (χ4v) is 5.20. The first-order chi connectivity index (χ1) is 21.3. The minimum absolute atomic E-state index is 0.0730. The molecule has 5 aromatic rings. The number of carbonyl (C=O) groups excluding carboxylic acids is 2. The second-order valence-corrected chi connectivity index (χ2v) is 12.9. The van der Waals surface area contributed by atoms with E-state index < -0.39 is 27.9 Å². The smallest absolute Gasteiger partial charge is 0.408 e. The Morgan fingerprint density at radius 2 is 1.62 bits per heavy atom. The molecule has 1 atom stereocenters. The maximum atomic E-state index is 13.1. The number of rotatable bonds is 8. The third-order valence-electron chi connectivity index (χ3n) is 6.76. The van der Waals surface area contributed by atoms with Crippen LogP contribution in [0.25, 0.3) is 21.7 Å². The lowest BCUT2D eigenvalue weighted by Crippen LogP contribution is -2.47. The Morgan fingerprint density at radius 1 is 0.933 bits per heavy atom. The highest BCUT2D eigenvalue weighted by atomic mass is 32.2. The summed E-state index contributed by atoms with van der Waals surface area (Å²) in [5.41, 5.74) is 8.71. The molecule has 0 aliphatic carbocycles. The molecule has 2 amide bonds. The van der Waals surface area contributed by atoms with Crippen LogP contribution in [-0.2, 0) is 32.5 Å². The molecule has 0 aliphatic rings. The van der Waals surface area contributed by atoms with Gasteiger partial charge >= 0.3 is 6.09 Å². The number of alkyl carbamates (subject to hydrolysis) is 1. The first-order valence-corrected chi connectivity index (χ1v) is 15.9. The van der Waals surface area contributed by atoms with Crippen molar-refractivity contribution in [3.63, 3.8) is 0 Å². The van der Waals surface area contributed by atoms with E-state index >= 15 is 0 Å². The minimum atomic E-state index is -4.09. The first kappa shape index (κ1) is 33.2. The largest absolute Gasteiger partial charge is 0.444 e. The van der Waals surface area contributed by atoms with Crippen molar-refractivity contribution in [2.24, 2.45) is 5.73 Å². The van der Waals surface area contributed by atoms with Gasteiger partial charge in [-0.3, -0.25) is 9.35 Å². The van der Waals surface area contributed by atoms with E-state index in [2.05, 4.69) is 15.6 Å². The number of aromatic amines is 1. The van der Waals surface area contributed by atoms with Crippen LogP contribution in [0.3, 0.4) is 0 Å². The molecule has 236 valence electrons. The van der Waals surface area contributed by atoms with E-state index in [4.69, 9.17) is 15.0 Å². The summed E-state index contributed by atoms with van der Waals surface area (Å²) in [5.74, 6) is -0.315. The fraction of sp³-hybridized carbons (Fsp3) is 0.235. The highest BCUT2D eigenvalue weighted by Gasteiger charge is 2.25. The molecule has 1 unspecified atom stereocenters. The third kappa shape index (κ3) is 9.64. The standard InChI is InChI=1S/C24H30N4O3.C10H8O3S/c1-24(2,3)31-23(30)28-21(13-16-7-5-4-6-8-16)22(29)27-18-9-10-20-19(14-18)17(11-12-25)15-26-20;11-14(12,13)10-6-5-8-3-1-2-4-9(8)7-10/h4-10,14-15,21,26H,11-13,25H2,1-3H3,(H,27,29)(H,28,30);1-7H,(H,11,12,13).